The molecule has 2 rings (SSSR count). The van der Waals surface area contributed by atoms with Crippen molar-refractivity contribution in [2.24, 2.45) is 5.92 Å². The van der Waals surface area contributed by atoms with Gasteiger partial charge in [0, 0.05) is 24.1 Å². The van der Waals surface area contributed by atoms with E-state index < -0.39 is 17.9 Å². The number of aromatic amines is 1. The monoisotopic (exact) mass is 202 g/mol. The SMILES string of the molecule is OC(CCC1CC1(F)F)c1cn[nH]c1. The normalized spacial score (nSPS) is 26.1. The van der Waals surface area contributed by atoms with Gasteiger partial charge in [-0.25, -0.2) is 8.78 Å². The number of hydrogen-bond acceptors (Lipinski definition) is 2. The van der Waals surface area contributed by atoms with Gasteiger partial charge in [-0.15, -0.1) is 0 Å². The van der Waals surface area contributed by atoms with Crippen molar-refractivity contribution in [2.75, 3.05) is 0 Å². The van der Waals surface area contributed by atoms with Gasteiger partial charge in [-0.3, -0.25) is 5.10 Å². The van der Waals surface area contributed by atoms with Gasteiger partial charge in [0.15, 0.2) is 0 Å². The van der Waals surface area contributed by atoms with E-state index in [4.69, 9.17) is 0 Å². The number of hydrogen-bond donors (Lipinski definition) is 2. The second-order valence-corrected chi connectivity index (χ2v) is 3.79. The van der Waals surface area contributed by atoms with Crippen LogP contribution in [0, 0.1) is 5.92 Å². The number of aliphatic hydroxyl groups excluding tert-OH is 1. The zero-order valence-electron chi connectivity index (χ0n) is 7.58. The molecule has 1 fully saturated rings. The molecule has 0 saturated heterocycles. The van der Waals surface area contributed by atoms with Gasteiger partial charge < -0.3 is 5.11 Å². The molecule has 0 spiro atoms. The summed E-state index contributed by atoms with van der Waals surface area (Å²) in [7, 11) is 0. The number of halogens is 2. The third kappa shape index (κ3) is 1.92. The highest BCUT2D eigenvalue weighted by Crippen LogP contribution is 2.51. The molecular weight excluding hydrogens is 190 g/mol. The van der Waals surface area contributed by atoms with Gasteiger partial charge >= 0.3 is 0 Å². The quantitative estimate of drug-likeness (QED) is 0.783. The molecule has 1 aromatic rings. The third-order valence-electron chi connectivity index (χ3n) is 2.65. The smallest absolute Gasteiger partial charge is 0.251 e. The molecule has 0 amide bonds. The zero-order valence-corrected chi connectivity index (χ0v) is 7.58. The lowest BCUT2D eigenvalue weighted by atomic mass is 10.1. The van der Waals surface area contributed by atoms with Gasteiger partial charge in [-0.05, 0) is 12.8 Å². The number of rotatable bonds is 4. The lowest BCUT2D eigenvalue weighted by Crippen LogP contribution is -1.99. The van der Waals surface area contributed by atoms with Crippen LogP contribution in [0.2, 0.25) is 0 Å². The maximum atomic E-state index is 12.5. The molecule has 0 bridgehead atoms. The maximum Gasteiger partial charge on any atom is 0.251 e. The number of aliphatic hydroxyl groups is 1. The Morgan fingerprint density at radius 3 is 2.93 bits per heavy atom. The first kappa shape index (κ1) is 9.58. The summed E-state index contributed by atoms with van der Waals surface area (Å²) < 4.78 is 25.0. The van der Waals surface area contributed by atoms with E-state index >= 15 is 0 Å². The van der Waals surface area contributed by atoms with E-state index in [1.54, 1.807) is 6.20 Å². The molecule has 2 atom stereocenters. The van der Waals surface area contributed by atoms with Gasteiger partial charge in [0.05, 0.1) is 12.3 Å². The summed E-state index contributed by atoms with van der Waals surface area (Å²) in [6, 6.07) is 0. The lowest BCUT2D eigenvalue weighted by Gasteiger charge is -2.06. The predicted octanol–water partition coefficient (Wildman–Crippen LogP) is 1.88. The topological polar surface area (TPSA) is 48.9 Å². The van der Waals surface area contributed by atoms with E-state index in [-0.39, 0.29) is 6.42 Å². The Kier molecular flexibility index (Phi) is 2.26. The Morgan fingerprint density at radius 2 is 2.43 bits per heavy atom. The summed E-state index contributed by atoms with van der Waals surface area (Å²) >= 11 is 0. The molecule has 1 saturated carbocycles. The summed E-state index contributed by atoms with van der Waals surface area (Å²) in [5, 5.41) is 15.8. The van der Waals surface area contributed by atoms with E-state index in [0.717, 1.165) is 0 Å². The molecule has 1 heterocycles. The molecule has 2 N–H and O–H groups in total. The highest BCUT2D eigenvalue weighted by Gasteiger charge is 2.56. The summed E-state index contributed by atoms with van der Waals surface area (Å²) in [6.45, 7) is 0. The summed E-state index contributed by atoms with van der Waals surface area (Å²) in [6.07, 6.45) is 3.14. The number of nitrogens with one attached hydrogen (secondary N) is 1. The van der Waals surface area contributed by atoms with Gasteiger partial charge in [0.1, 0.15) is 0 Å². The zero-order chi connectivity index (χ0) is 10.2. The van der Waals surface area contributed by atoms with Gasteiger partial charge in [-0.1, -0.05) is 0 Å². The van der Waals surface area contributed by atoms with Gasteiger partial charge in [0.25, 0.3) is 5.92 Å². The van der Waals surface area contributed by atoms with E-state index in [1.807, 2.05) is 0 Å². The van der Waals surface area contributed by atoms with E-state index in [2.05, 4.69) is 10.2 Å². The molecule has 0 aromatic carbocycles. The largest absolute Gasteiger partial charge is 0.388 e. The van der Waals surface area contributed by atoms with Crippen molar-refractivity contribution < 1.29 is 13.9 Å². The Balaban J connectivity index is 1.77. The minimum Gasteiger partial charge on any atom is -0.388 e. The molecule has 0 aliphatic heterocycles. The first-order chi connectivity index (χ1) is 6.59. The second-order valence-electron chi connectivity index (χ2n) is 3.79. The van der Waals surface area contributed by atoms with Gasteiger partial charge in [-0.2, -0.15) is 5.10 Å². The Labute approximate surface area is 80.1 Å². The van der Waals surface area contributed by atoms with Crippen LogP contribution in [-0.4, -0.2) is 21.2 Å². The fourth-order valence-corrected chi connectivity index (χ4v) is 1.55. The Morgan fingerprint density at radius 1 is 1.71 bits per heavy atom. The van der Waals surface area contributed by atoms with Crippen LogP contribution in [0.5, 0.6) is 0 Å². The molecule has 1 aliphatic carbocycles. The highest BCUT2D eigenvalue weighted by atomic mass is 19.3. The van der Waals surface area contributed by atoms with Crippen molar-refractivity contribution in [1.82, 2.24) is 10.2 Å². The fraction of sp³-hybridized carbons (Fsp3) is 0.667. The highest BCUT2D eigenvalue weighted by molar-refractivity contribution is 5.07. The fourth-order valence-electron chi connectivity index (χ4n) is 1.55. The summed E-state index contributed by atoms with van der Waals surface area (Å²) in [5.74, 6) is -3.00. The number of aromatic nitrogens is 2. The molecule has 3 nitrogen and oxygen atoms in total. The van der Waals surface area contributed by atoms with E-state index in [9.17, 15) is 13.9 Å². The molecule has 14 heavy (non-hydrogen) atoms. The maximum absolute atomic E-state index is 12.5. The van der Waals surface area contributed by atoms with Crippen molar-refractivity contribution in [1.29, 1.82) is 0 Å². The Hall–Kier alpha value is -0.970. The van der Waals surface area contributed by atoms with Crippen LogP contribution in [0.4, 0.5) is 8.78 Å². The van der Waals surface area contributed by atoms with Gasteiger partial charge in [0.2, 0.25) is 0 Å². The molecule has 2 unspecified atom stereocenters. The van der Waals surface area contributed by atoms with Crippen LogP contribution >= 0.6 is 0 Å². The average molecular weight is 202 g/mol. The molecule has 1 aromatic heterocycles. The molecule has 78 valence electrons. The lowest BCUT2D eigenvalue weighted by molar-refractivity contribution is 0.0900. The molecule has 0 radical (unpaired) electrons. The molecular formula is C9H12F2N2O. The van der Waals surface area contributed by atoms with Crippen molar-refractivity contribution in [3.05, 3.63) is 18.0 Å². The van der Waals surface area contributed by atoms with Crippen LogP contribution < -0.4 is 0 Å². The minimum absolute atomic E-state index is 0.0227. The van der Waals surface area contributed by atoms with E-state index in [0.29, 0.717) is 18.4 Å². The van der Waals surface area contributed by atoms with Crippen LogP contribution in [0.3, 0.4) is 0 Å². The molecule has 5 heteroatoms. The van der Waals surface area contributed by atoms with Crippen molar-refractivity contribution in [3.63, 3.8) is 0 Å². The number of alkyl halides is 2. The van der Waals surface area contributed by atoms with Crippen molar-refractivity contribution in [3.8, 4) is 0 Å². The second kappa shape index (κ2) is 3.31. The third-order valence-corrected chi connectivity index (χ3v) is 2.65. The Bertz CT molecular complexity index is 300. The number of H-pyrrole nitrogens is 1. The minimum atomic E-state index is -2.48. The first-order valence-corrected chi connectivity index (χ1v) is 4.64. The van der Waals surface area contributed by atoms with Crippen molar-refractivity contribution >= 4 is 0 Å². The number of nitrogens with zero attached hydrogens (tertiary/aromatic N) is 1. The average Bonchev–Trinajstić information content (AvgIpc) is 2.58. The predicted molar refractivity (Wildman–Crippen MR) is 45.8 cm³/mol. The van der Waals surface area contributed by atoms with Crippen LogP contribution in [0.15, 0.2) is 12.4 Å². The molecule has 1 aliphatic rings. The van der Waals surface area contributed by atoms with E-state index in [1.165, 1.54) is 6.20 Å². The summed E-state index contributed by atoms with van der Waals surface area (Å²) in [4.78, 5) is 0. The van der Waals surface area contributed by atoms with Crippen molar-refractivity contribution in [2.45, 2.75) is 31.3 Å². The van der Waals surface area contributed by atoms with Crippen LogP contribution in [0.25, 0.3) is 0 Å². The first-order valence-electron chi connectivity index (χ1n) is 4.64. The summed E-state index contributed by atoms with van der Waals surface area (Å²) in [5.41, 5.74) is 0.661. The van der Waals surface area contributed by atoms with Crippen LogP contribution in [-0.2, 0) is 0 Å². The standard InChI is InChI=1S/C9H12F2N2O/c10-9(11)3-7(9)1-2-8(14)6-4-12-13-5-6/h4-5,7-8,14H,1-3H2,(H,12,13). The van der Waals surface area contributed by atoms with Crippen LogP contribution in [0.1, 0.15) is 30.9 Å².